The number of hydrogen-bond acceptors (Lipinski definition) is 2. The van der Waals surface area contributed by atoms with Crippen molar-refractivity contribution >= 4 is 21.9 Å². The number of rotatable bonds is 8. The van der Waals surface area contributed by atoms with Crippen molar-refractivity contribution in [3.63, 3.8) is 0 Å². The van der Waals surface area contributed by atoms with Crippen molar-refractivity contribution in [2.75, 3.05) is 13.2 Å². The van der Waals surface area contributed by atoms with Gasteiger partial charge in [0.1, 0.15) is 31.1 Å². The molecular formula is C19H23BrNO2+. The summed E-state index contributed by atoms with van der Waals surface area (Å²) in [6.07, 6.45) is 0. The van der Waals surface area contributed by atoms with Crippen LogP contribution in [0, 0.1) is 0 Å². The molecule has 0 saturated carbocycles. The van der Waals surface area contributed by atoms with E-state index in [4.69, 9.17) is 4.74 Å². The standard InChI is InChI=1S/C19H22BrNO2/c1-16(20)19(22)23-13-12-21(14-17-8-4-2-5-9-17)15-18-10-6-3-7-11-18/h2-11,16H,12-15H2,1H3/p+1. The molecule has 0 amide bonds. The van der Waals surface area contributed by atoms with Gasteiger partial charge in [-0.3, -0.25) is 4.79 Å². The maximum Gasteiger partial charge on any atom is 0.319 e. The molecule has 3 nitrogen and oxygen atoms in total. The molecule has 0 aliphatic rings. The number of ether oxygens (including phenoxy) is 1. The number of nitrogens with one attached hydrogen (secondary N) is 1. The first-order valence-electron chi connectivity index (χ1n) is 7.87. The molecule has 23 heavy (non-hydrogen) atoms. The molecule has 0 aliphatic carbocycles. The van der Waals surface area contributed by atoms with Crippen molar-refractivity contribution in [3.8, 4) is 0 Å². The molecule has 2 aromatic rings. The number of alkyl halides is 1. The van der Waals surface area contributed by atoms with E-state index in [1.54, 1.807) is 6.92 Å². The molecule has 0 saturated heterocycles. The highest BCUT2D eigenvalue weighted by atomic mass is 79.9. The fourth-order valence-electron chi connectivity index (χ4n) is 2.42. The number of carbonyl (C=O) groups excluding carboxylic acids is 1. The Morgan fingerprint density at radius 1 is 1.00 bits per heavy atom. The fraction of sp³-hybridized carbons (Fsp3) is 0.316. The third kappa shape index (κ3) is 6.55. The minimum atomic E-state index is -0.255. The Morgan fingerprint density at radius 3 is 1.91 bits per heavy atom. The van der Waals surface area contributed by atoms with Crippen LogP contribution in [0.5, 0.6) is 0 Å². The molecule has 0 heterocycles. The van der Waals surface area contributed by atoms with Crippen molar-refractivity contribution in [1.82, 2.24) is 0 Å². The summed E-state index contributed by atoms with van der Waals surface area (Å²) in [7, 11) is 0. The topological polar surface area (TPSA) is 30.7 Å². The highest BCUT2D eigenvalue weighted by molar-refractivity contribution is 9.10. The van der Waals surface area contributed by atoms with E-state index in [0.29, 0.717) is 6.61 Å². The number of benzene rings is 2. The van der Waals surface area contributed by atoms with E-state index < -0.39 is 0 Å². The lowest BCUT2D eigenvalue weighted by Gasteiger charge is -2.20. The number of halogens is 1. The van der Waals surface area contributed by atoms with Crippen LogP contribution in [0.4, 0.5) is 0 Å². The van der Waals surface area contributed by atoms with Gasteiger partial charge in [-0.1, -0.05) is 76.6 Å². The number of carbonyl (C=O) groups is 1. The fourth-order valence-corrected chi connectivity index (χ4v) is 2.55. The normalized spacial score (nSPS) is 12.1. The van der Waals surface area contributed by atoms with Crippen LogP contribution in [0.1, 0.15) is 18.1 Å². The highest BCUT2D eigenvalue weighted by Gasteiger charge is 2.14. The summed E-state index contributed by atoms with van der Waals surface area (Å²) in [6.45, 7) is 4.83. The zero-order valence-electron chi connectivity index (χ0n) is 13.4. The lowest BCUT2D eigenvalue weighted by molar-refractivity contribution is -0.927. The molecule has 2 rings (SSSR count). The van der Waals surface area contributed by atoms with Gasteiger partial charge in [0, 0.05) is 11.1 Å². The third-order valence-corrected chi connectivity index (χ3v) is 3.99. The van der Waals surface area contributed by atoms with Gasteiger partial charge >= 0.3 is 5.97 Å². The maximum atomic E-state index is 11.6. The molecule has 0 aliphatic heterocycles. The smallest absolute Gasteiger partial charge is 0.319 e. The molecule has 0 fully saturated rings. The van der Waals surface area contributed by atoms with Crippen LogP contribution in [0.3, 0.4) is 0 Å². The third-order valence-electron chi connectivity index (χ3n) is 3.62. The monoisotopic (exact) mass is 376 g/mol. The zero-order chi connectivity index (χ0) is 16.5. The number of quaternary nitrogens is 1. The number of hydrogen-bond donors (Lipinski definition) is 1. The Balaban J connectivity index is 1.95. The molecule has 0 aromatic heterocycles. The zero-order valence-corrected chi connectivity index (χ0v) is 15.0. The predicted octanol–water partition coefficient (Wildman–Crippen LogP) is 2.60. The quantitative estimate of drug-likeness (QED) is 0.566. The average Bonchev–Trinajstić information content (AvgIpc) is 2.56. The molecule has 0 bridgehead atoms. The van der Waals surface area contributed by atoms with Gasteiger partial charge in [0.05, 0.1) is 0 Å². The highest BCUT2D eigenvalue weighted by Crippen LogP contribution is 2.00. The van der Waals surface area contributed by atoms with Crippen molar-refractivity contribution in [3.05, 3.63) is 71.8 Å². The summed E-state index contributed by atoms with van der Waals surface area (Å²) < 4.78 is 5.30. The summed E-state index contributed by atoms with van der Waals surface area (Å²) in [4.78, 5) is 12.7. The van der Waals surface area contributed by atoms with Crippen LogP contribution in [0.25, 0.3) is 0 Å². The van der Waals surface area contributed by atoms with Crippen LogP contribution in [0.2, 0.25) is 0 Å². The Morgan fingerprint density at radius 2 is 1.48 bits per heavy atom. The van der Waals surface area contributed by atoms with Crippen LogP contribution in [-0.2, 0) is 22.6 Å². The van der Waals surface area contributed by atoms with Crippen LogP contribution in [-0.4, -0.2) is 23.9 Å². The largest absolute Gasteiger partial charge is 0.459 e. The Bertz CT molecular complexity index is 545. The average molecular weight is 377 g/mol. The molecule has 1 N–H and O–H groups in total. The van der Waals surface area contributed by atoms with Gasteiger partial charge in [0.15, 0.2) is 0 Å². The second-order valence-corrected chi connectivity index (χ2v) is 6.98. The van der Waals surface area contributed by atoms with E-state index in [9.17, 15) is 4.79 Å². The molecule has 0 spiro atoms. The lowest BCUT2D eigenvalue weighted by atomic mass is 10.1. The Labute approximate surface area is 146 Å². The first-order valence-corrected chi connectivity index (χ1v) is 8.79. The second-order valence-electron chi connectivity index (χ2n) is 5.61. The Kier molecular flexibility index (Phi) is 7.30. The van der Waals surface area contributed by atoms with E-state index >= 15 is 0 Å². The minimum Gasteiger partial charge on any atom is -0.459 e. The summed E-state index contributed by atoms with van der Waals surface area (Å²) in [6, 6.07) is 20.8. The van der Waals surface area contributed by atoms with Gasteiger partial charge in [-0.15, -0.1) is 0 Å². The summed E-state index contributed by atoms with van der Waals surface area (Å²) >= 11 is 3.23. The van der Waals surface area contributed by atoms with E-state index in [-0.39, 0.29) is 10.8 Å². The van der Waals surface area contributed by atoms with Gasteiger partial charge in [0.2, 0.25) is 0 Å². The SMILES string of the molecule is CC(Br)C(=O)OCC[NH+](Cc1ccccc1)Cc1ccccc1. The Hall–Kier alpha value is -1.65. The van der Waals surface area contributed by atoms with Gasteiger partial charge in [0.25, 0.3) is 0 Å². The molecule has 2 aromatic carbocycles. The van der Waals surface area contributed by atoms with Crippen molar-refractivity contribution in [2.24, 2.45) is 0 Å². The summed E-state index contributed by atoms with van der Waals surface area (Å²) in [5.41, 5.74) is 2.58. The second kappa shape index (κ2) is 9.48. The van der Waals surface area contributed by atoms with E-state index in [0.717, 1.165) is 19.6 Å². The molecule has 122 valence electrons. The molecule has 0 radical (unpaired) electrons. The van der Waals surface area contributed by atoms with Gasteiger partial charge in [-0.25, -0.2) is 0 Å². The van der Waals surface area contributed by atoms with E-state index in [1.807, 2.05) is 12.1 Å². The minimum absolute atomic E-state index is 0.205. The van der Waals surface area contributed by atoms with Crippen molar-refractivity contribution in [2.45, 2.75) is 24.8 Å². The van der Waals surface area contributed by atoms with Gasteiger partial charge in [-0.2, -0.15) is 0 Å². The van der Waals surface area contributed by atoms with Gasteiger partial charge in [-0.05, 0) is 6.92 Å². The van der Waals surface area contributed by atoms with Gasteiger partial charge < -0.3 is 9.64 Å². The predicted molar refractivity (Wildman–Crippen MR) is 95.5 cm³/mol. The summed E-state index contributed by atoms with van der Waals surface area (Å²) in [5, 5.41) is 0. The van der Waals surface area contributed by atoms with Crippen molar-refractivity contribution in [1.29, 1.82) is 0 Å². The lowest BCUT2D eigenvalue weighted by Crippen LogP contribution is -3.10. The molecule has 1 unspecified atom stereocenters. The first-order chi connectivity index (χ1) is 11.1. The summed E-state index contributed by atoms with van der Waals surface area (Å²) in [5.74, 6) is -0.205. The maximum absolute atomic E-state index is 11.6. The van der Waals surface area contributed by atoms with Crippen LogP contribution in [0.15, 0.2) is 60.7 Å². The van der Waals surface area contributed by atoms with E-state index in [1.165, 1.54) is 16.0 Å². The van der Waals surface area contributed by atoms with Crippen LogP contribution < -0.4 is 4.90 Å². The molecule has 4 heteroatoms. The number of esters is 1. The van der Waals surface area contributed by atoms with E-state index in [2.05, 4.69) is 64.5 Å². The first kappa shape index (κ1) is 17.7. The molecular weight excluding hydrogens is 354 g/mol. The van der Waals surface area contributed by atoms with Crippen molar-refractivity contribution < 1.29 is 14.4 Å². The van der Waals surface area contributed by atoms with Crippen LogP contribution >= 0.6 is 15.9 Å². The molecule has 1 atom stereocenters.